The van der Waals surface area contributed by atoms with Gasteiger partial charge in [0.25, 0.3) is 0 Å². The van der Waals surface area contributed by atoms with Crippen molar-refractivity contribution in [1.82, 2.24) is 9.78 Å². The number of carboxylic acids is 1. The van der Waals surface area contributed by atoms with E-state index in [1.165, 1.54) is 12.1 Å². The van der Waals surface area contributed by atoms with Crippen LogP contribution >= 0.6 is 11.6 Å². The number of benzene rings is 1. The Morgan fingerprint density at radius 3 is 2.58 bits per heavy atom. The lowest BCUT2D eigenvalue weighted by Gasteiger charge is -2.07. The largest absolute Gasteiger partial charge is 0.478 e. The number of nitrogens with zero attached hydrogens (tertiary/aromatic N) is 2. The van der Waals surface area contributed by atoms with Crippen molar-refractivity contribution in [1.29, 1.82) is 0 Å². The zero-order valence-electron chi connectivity index (χ0n) is 10.8. The Hall–Kier alpha value is -2.01. The summed E-state index contributed by atoms with van der Waals surface area (Å²) in [5, 5.41) is 13.3. The van der Waals surface area contributed by atoms with Gasteiger partial charge in [-0.1, -0.05) is 11.6 Å². The first-order chi connectivity index (χ1) is 8.90. The van der Waals surface area contributed by atoms with Crippen molar-refractivity contribution in [3.8, 4) is 11.5 Å². The van der Waals surface area contributed by atoms with Crippen molar-refractivity contribution in [2.45, 2.75) is 13.8 Å². The third-order valence-electron chi connectivity index (χ3n) is 2.83. The van der Waals surface area contributed by atoms with Crippen LogP contribution in [0.5, 0.6) is 11.5 Å². The second-order valence-corrected chi connectivity index (χ2v) is 4.58. The molecule has 1 N–H and O–H groups in total. The Morgan fingerprint density at radius 2 is 2.11 bits per heavy atom. The summed E-state index contributed by atoms with van der Waals surface area (Å²) in [6.45, 7) is 3.73. The third-order valence-corrected chi connectivity index (χ3v) is 3.15. The maximum atomic E-state index is 10.9. The molecule has 2 aromatic rings. The lowest BCUT2D eigenvalue weighted by molar-refractivity contribution is 0.0697. The van der Waals surface area contributed by atoms with Gasteiger partial charge < -0.3 is 9.84 Å². The highest BCUT2D eigenvalue weighted by Gasteiger charge is 2.14. The first-order valence-electron chi connectivity index (χ1n) is 5.61. The summed E-state index contributed by atoms with van der Waals surface area (Å²) in [5.41, 5.74) is 1.70. The van der Waals surface area contributed by atoms with E-state index in [9.17, 15) is 4.79 Å². The predicted octanol–water partition coefficient (Wildman–Crippen LogP) is 3.18. The van der Waals surface area contributed by atoms with E-state index in [1.807, 2.05) is 20.9 Å². The minimum atomic E-state index is -1.06. The number of carbonyl (C=O) groups is 1. The van der Waals surface area contributed by atoms with Crippen molar-refractivity contribution in [2.75, 3.05) is 0 Å². The summed E-state index contributed by atoms with van der Waals surface area (Å²) in [4.78, 5) is 10.9. The molecule has 1 heterocycles. The average Bonchev–Trinajstić information content (AvgIpc) is 2.56. The molecule has 0 aliphatic carbocycles. The number of ether oxygens (including phenoxy) is 1. The highest BCUT2D eigenvalue weighted by Crippen LogP contribution is 2.30. The van der Waals surface area contributed by atoms with Crippen molar-refractivity contribution < 1.29 is 14.6 Å². The van der Waals surface area contributed by atoms with E-state index in [0.29, 0.717) is 11.5 Å². The van der Waals surface area contributed by atoms with Gasteiger partial charge in [-0.25, -0.2) is 4.79 Å². The van der Waals surface area contributed by atoms with Crippen LogP contribution in [0.3, 0.4) is 0 Å². The minimum Gasteiger partial charge on any atom is -0.478 e. The summed E-state index contributed by atoms with van der Waals surface area (Å²) in [5.74, 6) is 0.0705. The number of aromatic carboxylic acids is 1. The first kappa shape index (κ1) is 13.4. The molecule has 0 bridgehead atoms. The van der Waals surface area contributed by atoms with Crippen molar-refractivity contribution in [3.63, 3.8) is 0 Å². The van der Waals surface area contributed by atoms with Crippen molar-refractivity contribution in [3.05, 3.63) is 40.2 Å². The van der Waals surface area contributed by atoms with Crippen LogP contribution in [0.1, 0.15) is 21.7 Å². The van der Waals surface area contributed by atoms with Gasteiger partial charge >= 0.3 is 5.97 Å². The number of hydrogen-bond acceptors (Lipinski definition) is 3. The van der Waals surface area contributed by atoms with Crippen LogP contribution in [-0.2, 0) is 7.05 Å². The molecule has 0 amide bonds. The standard InChI is InChI=1S/C13H13ClN2O3/c1-7-12(8(2)16(3)15-7)19-9-4-5-10(13(17)18)11(14)6-9/h4-6H,1-3H3,(H,17,18). The molecule has 0 aliphatic heterocycles. The molecule has 6 heteroatoms. The molecule has 0 spiro atoms. The predicted molar refractivity (Wildman–Crippen MR) is 71.2 cm³/mol. The topological polar surface area (TPSA) is 64.4 Å². The highest BCUT2D eigenvalue weighted by atomic mass is 35.5. The molecule has 0 fully saturated rings. The lowest BCUT2D eigenvalue weighted by Crippen LogP contribution is -1.97. The molecule has 0 aliphatic rings. The number of aryl methyl sites for hydroxylation is 2. The monoisotopic (exact) mass is 280 g/mol. The van der Waals surface area contributed by atoms with Crippen LogP contribution in [0, 0.1) is 13.8 Å². The van der Waals surface area contributed by atoms with Crippen LogP contribution < -0.4 is 4.74 Å². The Kier molecular flexibility index (Phi) is 3.48. The van der Waals surface area contributed by atoms with E-state index in [0.717, 1.165) is 11.4 Å². The number of rotatable bonds is 3. The number of hydrogen-bond donors (Lipinski definition) is 1. The first-order valence-corrected chi connectivity index (χ1v) is 5.99. The molecule has 0 saturated carbocycles. The average molecular weight is 281 g/mol. The van der Waals surface area contributed by atoms with Gasteiger partial charge in [0.1, 0.15) is 11.4 Å². The zero-order chi connectivity index (χ0) is 14.2. The quantitative estimate of drug-likeness (QED) is 0.938. The summed E-state index contributed by atoms with van der Waals surface area (Å²) in [7, 11) is 1.83. The molecule has 1 aromatic heterocycles. The van der Waals surface area contributed by atoms with Gasteiger partial charge in [-0.15, -0.1) is 0 Å². The van der Waals surface area contributed by atoms with E-state index in [2.05, 4.69) is 5.10 Å². The van der Waals surface area contributed by atoms with Gasteiger partial charge in [-0.05, 0) is 26.0 Å². The van der Waals surface area contributed by atoms with E-state index in [-0.39, 0.29) is 10.6 Å². The third kappa shape index (κ3) is 2.56. The molecule has 100 valence electrons. The Balaban J connectivity index is 2.34. The van der Waals surface area contributed by atoms with Gasteiger partial charge in [0.2, 0.25) is 0 Å². The van der Waals surface area contributed by atoms with Gasteiger partial charge in [-0.3, -0.25) is 4.68 Å². The fourth-order valence-electron chi connectivity index (χ4n) is 1.75. The van der Waals surface area contributed by atoms with Gasteiger partial charge in [0, 0.05) is 13.1 Å². The highest BCUT2D eigenvalue weighted by molar-refractivity contribution is 6.33. The number of aromatic nitrogens is 2. The van der Waals surface area contributed by atoms with Crippen LogP contribution in [0.25, 0.3) is 0 Å². The normalized spacial score (nSPS) is 10.5. The zero-order valence-corrected chi connectivity index (χ0v) is 11.5. The van der Waals surface area contributed by atoms with Gasteiger partial charge in [0.15, 0.2) is 5.75 Å². The Labute approximate surface area is 115 Å². The van der Waals surface area contributed by atoms with Crippen molar-refractivity contribution in [2.24, 2.45) is 7.05 Å². The summed E-state index contributed by atoms with van der Waals surface area (Å²) < 4.78 is 7.44. The van der Waals surface area contributed by atoms with E-state index in [1.54, 1.807) is 10.7 Å². The maximum Gasteiger partial charge on any atom is 0.337 e. The van der Waals surface area contributed by atoms with E-state index < -0.39 is 5.97 Å². The van der Waals surface area contributed by atoms with Gasteiger partial charge in [0.05, 0.1) is 16.3 Å². The van der Waals surface area contributed by atoms with Crippen LogP contribution in [0.15, 0.2) is 18.2 Å². The van der Waals surface area contributed by atoms with Gasteiger partial charge in [-0.2, -0.15) is 5.10 Å². The molecule has 0 unspecified atom stereocenters. The Bertz CT molecular complexity index is 650. The molecule has 19 heavy (non-hydrogen) atoms. The van der Waals surface area contributed by atoms with Crippen LogP contribution in [0.2, 0.25) is 5.02 Å². The molecule has 5 nitrogen and oxygen atoms in total. The summed E-state index contributed by atoms with van der Waals surface area (Å²) >= 11 is 5.89. The summed E-state index contributed by atoms with van der Waals surface area (Å²) in [6.07, 6.45) is 0. The summed E-state index contributed by atoms with van der Waals surface area (Å²) in [6, 6.07) is 4.47. The van der Waals surface area contributed by atoms with Crippen LogP contribution in [0.4, 0.5) is 0 Å². The fraction of sp³-hybridized carbons (Fsp3) is 0.231. The van der Waals surface area contributed by atoms with E-state index >= 15 is 0 Å². The number of halogens is 1. The fourth-order valence-corrected chi connectivity index (χ4v) is 2.00. The molecular formula is C13H13ClN2O3. The Morgan fingerprint density at radius 1 is 1.42 bits per heavy atom. The molecule has 0 saturated heterocycles. The second-order valence-electron chi connectivity index (χ2n) is 4.17. The lowest BCUT2D eigenvalue weighted by atomic mass is 10.2. The molecule has 0 radical (unpaired) electrons. The SMILES string of the molecule is Cc1nn(C)c(C)c1Oc1ccc(C(=O)O)c(Cl)c1. The number of carboxylic acid groups (broad SMARTS) is 1. The minimum absolute atomic E-state index is 0.0497. The molecule has 0 atom stereocenters. The van der Waals surface area contributed by atoms with E-state index in [4.69, 9.17) is 21.4 Å². The van der Waals surface area contributed by atoms with Crippen LogP contribution in [-0.4, -0.2) is 20.9 Å². The van der Waals surface area contributed by atoms with Crippen molar-refractivity contribution >= 4 is 17.6 Å². The second kappa shape index (κ2) is 4.93. The maximum absolute atomic E-state index is 10.9. The molecular weight excluding hydrogens is 268 g/mol. The molecule has 2 rings (SSSR count). The molecule has 1 aromatic carbocycles. The smallest absolute Gasteiger partial charge is 0.337 e.